The van der Waals surface area contributed by atoms with E-state index in [0.29, 0.717) is 23.5 Å². The third kappa shape index (κ3) is 2.06. The molecule has 1 saturated carbocycles. The molecule has 0 radical (unpaired) electrons. The Hall–Kier alpha value is -1.39. The van der Waals surface area contributed by atoms with Crippen molar-refractivity contribution < 1.29 is 9.50 Å². The van der Waals surface area contributed by atoms with Crippen LogP contribution < -0.4 is 5.32 Å². The second kappa shape index (κ2) is 4.13. The number of aromatic amines is 1. The van der Waals surface area contributed by atoms with Gasteiger partial charge in [-0.15, -0.1) is 0 Å². The summed E-state index contributed by atoms with van der Waals surface area (Å²) in [6.45, 7) is 0.481. The third-order valence-electron chi connectivity index (χ3n) is 3.23. The van der Waals surface area contributed by atoms with Gasteiger partial charge in [0.1, 0.15) is 5.82 Å². The van der Waals surface area contributed by atoms with Gasteiger partial charge in [0.05, 0.1) is 6.10 Å². The van der Waals surface area contributed by atoms with Gasteiger partial charge in [-0.1, -0.05) is 12.1 Å². The van der Waals surface area contributed by atoms with Gasteiger partial charge in [0, 0.05) is 29.7 Å². The first-order chi connectivity index (χ1) is 8.25. The van der Waals surface area contributed by atoms with Crippen LogP contribution in [0.2, 0.25) is 0 Å². The van der Waals surface area contributed by atoms with Crippen molar-refractivity contribution in [3.63, 3.8) is 0 Å². The summed E-state index contributed by atoms with van der Waals surface area (Å²) in [5.41, 5.74) is 1.37. The monoisotopic (exact) mass is 234 g/mol. The van der Waals surface area contributed by atoms with Crippen molar-refractivity contribution in [2.45, 2.75) is 25.0 Å². The molecule has 0 spiro atoms. The van der Waals surface area contributed by atoms with E-state index >= 15 is 0 Å². The molecule has 1 aliphatic rings. The Bertz CT molecular complexity index is 533. The smallest absolute Gasteiger partial charge is 0.148 e. The standard InChI is InChI=1S/C13H15FN2O/c14-10-6-16-11-3-1-2-9(13(10)11)12(17)7-15-8-4-5-8/h1-3,6,8,12,15-17H,4-5,7H2/t12-/m0/s1. The zero-order chi connectivity index (χ0) is 11.8. The number of aliphatic hydroxyl groups is 1. The summed E-state index contributed by atoms with van der Waals surface area (Å²) in [7, 11) is 0. The molecule has 1 aromatic carbocycles. The van der Waals surface area contributed by atoms with Crippen molar-refractivity contribution in [3.8, 4) is 0 Å². The first-order valence-corrected chi connectivity index (χ1v) is 5.92. The molecule has 3 rings (SSSR count). The molecular weight excluding hydrogens is 219 g/mol. The van der Waals surface area contributed by atoms with Crippen molar-refractivity contribution in [1.82, 2.24) is 10.3 Å². The van der Waals surface area contributed by atoms with Gasteiger partial charge in [-0.05, 0) is 24.5 Å². The summed E-state index contributed by atoms with van der Waals surface area (Å²) in [6.07, 6.45) is 3.02. The van der Waals surface area contributed by atoms with E-state index in [-0.39, 0.29) is 5.82 Å². The second-order valence-electron chi connectivity index (χ2n) is 4.60. The van der Waals surface area contributed by atoms with Crippen molar-refractivity contribution in [2.24, 2.45) is 0 Å². The van der Waals surface area contributed by atoms with Crippen molar-refractivity contribution >= 4 is 10.9 Å². The minimum atomic E-state index is -0.662. The summed E-state index contributed by atoms with van der Waals surface area (Å²) in [5, 5.41) is 13.8. The van der Waals surface area contributed by atoms with Crippen LogP contribution in [0.3, 0.4) is 0 Å². The van der Waals surface area contributed by atoms with E-state index in [1.807, 2.05) is 12.1 Å². The summed E-state index contributed by atoms with van der Waals surface area (Å²) >= 11 is 0. The van der Waals surface area contributed by atoms with E-state index in [1.54, 1.807) is 6.07 Å². The molecule has 0 unspecified atom stereocenters. The van der Waals surface area contributed by atoms with Crippen LogP contribution in [0, 0.1) is 5.82 Å². The Labute approximate surface area is 98.7 Å². The van der Waals surface area contributed by atoms with E-state index in [9.17, 15) is 9.50 Å². The Kier molecular flexibility index (Phi) is 2.61. The predicted molar refractivity (Wildman–Crippen MR) is 64.2 cm³/mol. The molecule has 90 valence electrons. The minimum Gasteiger partial charge on any atom is -0.387 e. The molecule has 0 saturated heterocycles. The van der Waals surface area contributed by atoms with Crippen LogP contribution in [0.25, 0.3) is 10.9 Å². The number of benzene rings is 1. The lowest BCUT2D eigenvalue weighted by Crippen LogP contribution is -2.23. The number of nitrogens with one attached hydrogen (secondary N) is 2. The largest absolute Gasteiger partial charge is 0.387 e. The fraction of sp³-hybridized carbons (Fsp3) is 0.385. The molecule has 0 bridgehead atoms. The van der Waals surface area contributed by atoms with Gasteiger partial charge in [-0.3, -0.25) is 0 Å². The molecule has 4 heteroatoms. The normalized spacial score (nSPS) is 17.5. The number of hydrogen-bond acceptors (Lipinski definition) is 2. The van der Waals surface area contributed by atoms with Gasteiger partial charge in [0.2, 0.25) is 0 Å². The van der Waals surface area contributed by atoms with Crippen molar-refractivity contribution in [2.75, 3.05) is 6.54 Å². The SMILES string of the molecule is O[C@@H](CNC1CC1)c1cccc2[nH]cc(F)c12. The number of fused-ring (bicyclic) bond motifs is 1. The van der Waals surface area contributed by atoms with Gasteiger partial charge in [0.25, 0.3) is 0 Å². The molecule has 17 heavy (non-hydrogen) atoms. The Morgan fingerprint density at radius 3 is 3.06 bits per heavy atom. The van der Waals surface area contributed by atoms with Crippen LogP contribution in [0.1, 0.15) is 24.5 Å². The van der Waals surface area contributed by atoms with Crippen molar-refractivity contribution in [3.05, 3.63) is 35.8 Å². The average Bonchev–Trinajstić information content (AvgIpc) is 3.10. The third-order valence-corrected chi connectivity index (χ3v) is 3.23. The second-order valence-corrected chi connectivity index (χ2v) is 4.60. The molecule has 0 amide bonds. The molecular formula is C13H15FN2O. The lowest BCUT2D eigenvalue weighted by atomic mass is 10.0. The topological polar surface area (TPSA) is 48.0 Å². The zero-order valence-electron chi connectivity index (χ0n) is 9.41. The molecule has 1 fully saturated rings. The lowest BCUT2D eigenvalue weighted by molar-refractivity contribution is 0.175. The van der Waals surface area contributed by atoms with E-state index < -0.39 is 6.10 Å². The first kappa shape index (κ1) is 10.7. The van der Waals surface area contributed by atoms with Gasteiger partial charge < -0.3 is 15.4 Å². The number of rotatable bonds is 4. The van der Waals surface area contributed by atoms with Crippen LogP contribution >= 0.6 is 0 Å². The number of H-pyrrole nitrogens is 1. The van der Waals surface area contributed by atoms with Gasteiger partial charge >= 0.3 is 0 Å². The van der Waals surface area contributed by atoms with E-state index in [0.717, 1.165) is 5.52 Å². The molecule has 1 atom stereocenters. The Balaban J connectivity index is 1.89. The summed E-state index contributed by atoms with van der Waals surface area (Å²) in [5.74, 6) is -0.305. The molecule has 1 aliphatic carbocycles. The molecule has 3 N–H and O–H groups in total. The number of hydrogen-bond donors (Lipinski definition) is 3. The summed E-state index contributed by atoms with van der Waals surface area (Å²) in [4.78, 5) is 2.85. The first-order valence-electron chi connectivity index (χ1n) is 5.92. The van der Waals surface area contributed by atoms with Crippen LogP contribution in [-0.2, 0) is 0 Å². The Morgan fingerprint density at radius 1 is 1.47 bits per heavy atom. The highest BCUT2D eigenvalue weighted by Gasteiger charge is 2.22. The van der Waals surface area contributed by atoms with Crippen LogP contribution in [-0.4, -0.2) is 22.7 Å². The van der Waals surface area contributed by atoms with Gasteiger partial charge in [-0.25, -0.2) is 4.39 Å². The molecule has 1 heterocycles. The highest BCUT2D eigenvalue weighted by Crippen LogP contribution is 2.27. The molecule has 3 nitrogen and oxygen atoms in total. The van der Waals surface area contributed by atoms with E-state index in [2.05, 4.69) is 10.3 Å². The zero-order valence-corrected chi connectivity index (χ0v) is 9.41. The number of aliphatic hydroxyl groups excluding tert-OH is 1. The maximum atomic E-state index is 13.6. The van der Waals surface area contributed by atoms with Gasteiger partial charge in [0.15, 0.2) is 0 Å². The lowest BCUT2D eigenvalue weighted by Gasteiger charge is -2.13. The van der Waals surface area contributed by atoms with Crippen LogP contribution in [0.4, 0.5) is 4.39 Å². The predicted octanol–water partition coefficient (Wildman–Crippen LogP) is 2.09. The van der Waals surface area contributed by atoms with E-state index in [1.165, 1.54) is 19.0 Å². The van der Waals surface area contributed by atoms with E-state index in [4.69, 9.17) is 0 Å². The minimum absolute atomic E-state index is 0.305. The number of aromatic nitrogens is 1. The number of halogens is 1. The fourth-order valence-electron chi connectivity index (χ4n) is 2.12. The summed E-state index contributed by atoms with van der Waals surface area (Å²) < 4.78 is 13.6. The molecule has 0 aliphatic heterocycles. The average molecular weight is 234 g/mol. The maximum Gasteiger partial charge on any atom is 0.148 e. The highest BCUT2D eigenvalue weighted by atomic mass is 19.1. The quantitative estimate of drug-likeness (QED) is 0.758. The molecule has 2 aromatic rings. The maximum absolute atomic E-state index is 13.6. The highest BCUT2D eigenvalue weighted by molar-refractivity contribution is 5.84. The van der Waals surface area contributed by atoms with Gasteiger partial charge in [-0.2, -0.15) is 0 Å². The fourth-order valence-corrected chi connectivity index (χ4v) is 2.12. The summed E-state index contributed by atoms with van der Waals surface area (Å²) in [6, 6.07) is 5.95. The Morgan fingerprint density at radius 2 is 2.29 bits per heavy atom. The molecule has 1 aromatic heterocycles. The van der Waals surface area contributed by atoms with Crippen molar-refractivity contribution in [1.29, 1.82) is 0 Å². The van der Waals surface area contributed by atoms with Crippen LogP contribution in [0.5, 0.6) is 0 Å². The van der Waals surface area contributed by atoms with Crippen LogP contribution in [0.15, 0.2) is 24.4 Å².